The van der Waals surface area contributed by atoms with E-state index in [2.05, 4.69) is 11.8 Å². The van der Waals surface area contributed by atoms with Crippen molar-refractivity contribution in [2.45, 2.75) is 111 Å². The number of carbonyl (C=O) groups excluding carboxylic acids is 1. The second kappa shape index (κ2) is 13.5. The van der Waals surface area contributed by atoms with Crippen molar-refractivity contribution in [3.8, 4) is 0 Å². The first-order valence-corrected chi connectivity index (χ1v) is 15.9. The summed E-state index contributed by atoms with van der Waals surface area (Å²) in [6.07, 6.45) is 4.39. The Balaban J connectivity index is 1.58. The van der Waals surface area contributed by atoms with Crippen molar-refractivity contribution in [1.82, 2.24) is 14.6 Å². The summed E-state index contributed by atoms with van der Waals surface area (Å²) in [6.45, 7) is 14.7. The molecule has 1 aromatic carbocycles. The lowest BCUT2D eigenvalue weighted by Gasteiger charge is -2.41. The van der Waals surface area contributed by atoms with Gasteiger partial charge in [-0.25, -0.2) is 14.2 Å². The summed E-state index contributed by atoms with van der Waals surface area (Å²) >= 11 is 0. The van der Waals surface area contributed by atoms with Crippen LogP contribution in [0.25, 0.3) is 5.65 Å². The second-order valence-electron chi connectivity index (χ2n) is 13.2. The van der Waals surface area contributed by atoms with Gasteiger partial charge in [0.1, 0.15) is 11.6 Å². The van der Waals surface area contributed by atoms with E-state index < -0.39 is 17.7 Å². The molecule has 0 unspecified atom stereocenters. The lowest BCUT2D eigenvalue weighted by atomic mass is 9.92. The molecular weight excluding hydrogens is 563 g/mol. The van der Waals surface area contributed by atoms with Crippen LogP contribution < -0.4 is 4.90 Å². The van der Waals surface area contributed by atoms with Crippen molar-refractivity contribution in [3.63, 3.8) is 0 Å². The Kier molecular flexibility index (Phi) is 9.92. The van der Waals surface area contributed by atoms with E-state index in [0.29, 0.717) is 35.8 Å². The van der Waals surface area contributed by atoms with Crippen LogP contribution in [-0.2, 0) is 43.4 Å². The highest BCUT2D eigenvalue weighted by Gasteiger charge is 2.38. The molecule has 4 bridgehead atoms. The summed E-state index contributed by atoms with van der Waals surface area (Å²) in [4.78, 5) is 20.6. The number of carbonyl (C=O) groups is 1. The lowest BCUT2D eigenvalue weighted by molar-refractivity contribution is -0.166. The van der Waals surface area contributed by atoms with Crippen molar-refractivity contribution in [3.05, 3.63) is 58.2 Å². The van der Waals surface area contributed by atoms with Crippen LogP contribution in [0.5, 0.6) is 0 Å². The van der Waals surface area contributed by atoms with Crippen LogP contribution in [0, 0.1) is 12.7 Å². The van der Waals surface area contributed by atoms with Crippen molar-refractivity contribution in [2.24, 2.45) is 0 Å². The zero-order valence-electron chi connectivity index (χ0n) is 27.1. The van der Waals surface area contributed by atoms with E-state index in [0.717, 1.165) is 68.6 Å². The summed E-state index contributed by atoms with van der Waals surface area (Å²) < 4.78 is 40.5. The number of esters is 1. The zero-order valence-corrected chi connectivity index (χ0v) is 27.1. The van der Waals surface area contributed by atoms with Crippen LogP contribution in [0.1, 0.15) is 101 Å². The minimum absolute atomic E-state index is 0.231. The summed E-state index contributed by atoms with van der Waals surface area (Å²) in [6, 6.07) is 6.84. The number of fused-ring (bicyclic) bond motifs is 9. The van der Waals surface area contributed by atoms with Gasteiger partial charge in [0.2, 0.25) is 0 Å². The van der Waals surface area contributed by atoms with Gasteiger partial charge in [0.25, 0.3) is 0 Å². The van der Waals surface area contributed by atoms with Crippen LogP contribution in [-0.4, -0.2) is 58.1 Å². The van der Waals surface area contributed by atoms with Crippen LogP contribution in [0.15, 0.2) is 24.3 Å². The fourth-order valence-electron chi connectivity index (χ4n) is 6.12. The van der Waals surface area contributed by atoms with Crippen LogP contribution in [0.4, 0.5) is 10.2 Å². The molecule has 1 fully saturated rings. The molecule has 1 atom stereocenters. The molecule has 9 nitrogen and oxygen atoms in total. The predicted molar refractivity (Wildman–Crippen MR) is 166 cm³/mol. The number of piperidine rings is 1. The summed E-state index contributed by atoms with van der Waals surface area (Å²) in [5, 5.41) is 4.95. The first-order valence-electron chi connectivity index (χ1n) is 15.9. The van der Waals surface area contributed by atoms with Gasteiger partial charge in [0.15, 0.2) is 11.8 Å². The van der Waals surface area contributed by atoms with Gasteiger partial charge in [-0.2, -0.15) is 9.61 Å². The Morgan fingerprint density at radius 1 is 1.11 bits per heavy atom. The third kappa shape index (κ3) is 7.58. The van der Waals surface area contributed by atoms with E-state index in [-0.39, 0.29) is 24.6 Å². The molecule has 240 valence electrons. The molecule has 10 heteroatoms. The van der Waals surface area contributed by atoms with Crippen molar-refractivity contribution < 1.29 is 28.1 Å². The largest absolute Gasteiger partial charge is 0.464 e. The molecule has 3 aliphatic rings. The average molecular weight is 611 g/mol. The van der Waals surface area contributed by atoms with E-state index in [1.54, 1.807) is 13.0 Å². The van der Waals surface area contributed by atoms with Gasteiger partial charge in [-0.3, -0.25) is 0 Å². The Morgan fingerprint density at radius 3 is 2.61 bits per heavy atom. The van der Waals surface area contributed by atoms with Crippen LogP contribution >= 0.6 is 0 Å². The van der Waals surface area contributed by atoms with Gasteiger partial charge in [0.05, 0.1) is 42.3 Å². The highest BCUT2D eigenvalue weighted by molar-refractivity contribution is 5.80. The van der Waals surface area contributed by atoms with E-state index in [1.165, 1.54) is 6.07 Å². The fraction of sp³-hybridized carbons (Fsp3) is 0.618. The molecule has 44 heavy (non-hydrogen) atoms. The predicted octanol–water partition coefficient (Wildman–Crippen LogP) is 6.41. The van der Waals surface area contributed by atoms with Gasteiger partial charge in [0, 0.05) is 31.5 Å². The first kappa shape index (κ1) is 32.3. The van der Waals surface area contributed by atoms with Gasteiger partial charge in [-0.15, -0.1) is 0 Å². The third-order valence-electron chi connectivity index (χ3n) is 8.43. The summed E-state index contributed by atoms with van der Waals surface area (Å²) in [5.41, 5.74) is 3.82. The molecule has 0 saturated carbocycles. The number of aryl methyl sites for hydroxylation is 2. The number of hydrogen-bond donors (Lipinski definition) is 0. The van der Waals surface area contributed by atoms with Crippen LogP contribution in [0.3, 0.4) is 0 Å². The number of nitrogens with zero attached hydrogens (tertiary/aromatic N) is 4. The second-order valence-corrected chi connectivity index (χ2v) is 13.2. The maximum absolute atomic E-state index is 14.1. The Morgan fingerprint density at radius 2 is 1.89 bits per heavy atom. The molecule has 2 aromatic heterocycles. The standard InChI is InChI=1S/C34H47FN4O5/c1-7-42-32(40)30(44-33(3,4)5)29-23(2)36-28-20-27-22-41-21-25-12-13-26(35)19-24(25)11-9-8-10-18-43-34(6)14-16-38(17-15-34)31(29)39(28)37-27/h12-13,19-20,30H,7-11,14-18,21-22H2,1-6H3/t30-/m0/s1. The quantitative estimate of drug-likeness (QED) is 0.313. The molecule has 0 aliphatic carbocycles. The van der Waals surface area contributed by atoms with Gasteiger partial charge >= 0.3 is 5.97 Å². The molecule has 5 heterocycles. The Bertz CT molecular complexity index is 1460. The fourth-order valence-corrected chi connectivity index (χ4v) is 6.12. The molecule has 1 saturated heterocycles. The maximum atomic E-state index is 14.1. The minimum Gasteiger partial charge on any atom is -0.464 e. The monoisotopic (exact) mass is 610 g/mol. The summed E-state index contributed by atoms with van der Waals surface area (Å²) in [5.74, 6) is 0.0992. The SMILES string of the molecule is CCOC(=O)[C@@H](OC(C)(C)C)c1c(C)nc2cc3nn2c1N1CCC(C)(CC1)OCCCCCc1cc(F)ccc1COC3. The number of aromatic nitrogens is 3. The highest BCUT2D eigenvalue weighted by Crippen LogP contribution is 2.38. The Hall–Kier alpha value is -3.08. The van der Waals surface area contributed by atoms with E-state index in [4.69, 9.17) is 29.0 Å². The molecule has 0 radical (unpaired) electrons. The van der Waals surface area contributed by atoms with E-state index in [9.17, 15) is 9.18 Å². The molecule has 0 spiro atoms. The number of hydrogen-bond acceptors (Lipinski definition) is 8. The first-order chi connectivity index (χ1) is 21.0. The number of anilines is 1. The molecule has 6 rings (SSSR count). The van der Waals surface area contributed by atoms with Crippen molar-refractivity contribution in [1.29, 1.82) is 0 Å². The van der Waals surface area contributed by atoms with E-state index in [1.807, 2.05) is 44.3 Å². The molecule has 0 amide bonds. The van der Waals surface area contributed by atoms with E-state index >= 15 is 0 Å². The molecular formula is C34H47FN4O5. The van der Waals surface area contributed by atoms with Crippen molar-refractivity contribution in [2.75, 3.05) is 31.2 Å². The molecule has 3 aliphatic heterocycles. The number of benzene rings is 1. The molecule has 3 aromatic rings. The summed E-state index contributed by atoms with van der Waals surface area (Å²) in [7, 11) is 0. The Labute approximate surface area is 260 Å². The average Bonchev–Trinajstić information content (AvgIpc) is 3.36. The highest BCUT2D eigenvalue weighted by atomic mass is 19.1. The van der Waals surface area contributed by atoms with Crippen LogP contribution in [0.2, 0.25) is 0 Å². The normalized spacial score (nSPS) is 18.8. The zero-order chi connectivity index (χ0) is 31.5. The number of halogens is 1. The van der Waals surface area contributed by atoms with Gasteiger partial charge in [-0.05, 0) is 96.9 Å². The third-order valence-corrected chi connectivity index (χ3v) is 8.43. The molecule has 0 N–H and O–H groups in total. The van der Waals surface area contributed by atoms with Gasteiger partial charge in [-0.1, -0.05) is 12.5 Å². The maximum Gasteiger partial charge on any atom is 0.340 e. The smallest absolute Gasteiger partial charge is 0.340 e. The van der Waals surface area contributed by atoms with Gasteiger partial charge < -0.3 is 23.8 Å². The minimum atomic E-state index is -0.978. The number of rotatable bonds is 4. The lowest BCUT2D eigenvalue weighted by Crippen LogP contribution is -2.46. The van der Waals surface area contributed by atoms with Crippen molar-refractivity contribution >= 4 is 17.4 Å². The topological polar surface area (TPSA) is 87.4 Å². The number of ether oxygens (including phenoxy) is 4.